The molecule has 1 heterocycles. The minimum absolute atomic E-state index is 0.0157. The summed E-state index contributed by atoms with van der Waals surface area (Å²) in [5, 5.41) is 12.4. The second kappa shape index (κ2) is 7.09. The predicted octanol–water partition coefficient (Wildman–Crippen LogP) is 3.07. The third-order valence-electron chi connectivity index (χ3n) is 3.84. The molecule has 0 radical (unpaired) electrons. The van der Waals surface area contributed by atoms with Gasteiger partial charge in [0.1, 0.15) is 0 Å². The Hall–Kier alpha value is -1.07. The summed E-state index contributed by atoms with van der Waals surface area (Å²) in [5.74, 6) is 0. The first-order chi connectivity index (χ1) is 9.67. The molecule has 0 saturated carbocycles. The van der Waals surface area contributed by atoms with Crippen LogP contribution in [0.1, 0.15) is 37.8 Å². The third-order valence-corrected chi connectivity index (χ3v) is 4.56. The zero-order valence-corrected chi connectivity index (χ0v) is 13.3. The number of aliphatic hydroxyl groups excluding tert-OH is 1. The van der Waals surface area contributed by atoms with E-state index in [0.29, 0.717) is 0 Å². The lowest BCUT2D eigenvalue weighted by Gasteiger charge is -2.27. The summed E-state index contributed by atoms with van der Waals surface area (Å²) in [6.07, 6.45) is 2.67. The Morgan fingerprint density at radius 2 is 2.30 bits per heavy atom. The molecule has 1 fully saturated rings. The SMILES string of the molecule is CC[C@@H](NC(=O)N1CCC[C@H]1CO)c1ccccc1Br. The molecule has 2 atom stereocenters. The molecule has 2 rings (SSSR count). The maximum absolute atomic E-state index is 12.4. The summed E-state index contributed by atoms with van der Waals surface area (Å²) in [6.45, 7) is 2.82. The average molecular weight is 341 g/mol. The van der Waals surface area contributed by atoms with Crippen LogP contribution in [0.25, 0.3) is 0 Å². The monoisotopic (exact) mass is 340 g/mol. The van der Waals surface area contributed by atoms with Crippen LogP contribution in [-0.2, 0) is 0 Å². The topological polar surface area (TPSA) is 52.6 Å². The minimum atomic E-state index is -0.0795. The van der Waals surface area contributed by atoms with Crippen molar-refractivity contribution in [3.63, 3.8) is 0 Å². The lowest BCUT2D eigenvalue weighted by atomic mass is 10.0. The van der Waals surface area contributed by atoms with E-state index in [-0.39, 0.29) is 24.7 Å². The Morgan fingerprint density at radius 3 is 2.95 bits per heavy atom. The number of rotatable bonds is 4. The molecular formula is C15H21BrN2O2. The Balaban J connectivity index is 2.07. The summed E-state index contributed by atoms with van der Waals surface area (Å²) in [5.41, 5.74) is 1.09. The van der Waals surface area contributed by atoms with Crippen LogP contribution in [0.2, 0.25) is 0 Å². The van der Waals surface area contributed by atoms with Gasteiger partial charge in [0.05, 0.1) is 18.7 Å². The maximum Gasteiger partial charge on any atom is 0.318 e. The molecule has 110 valence electrons. The average Bonchev–Trinajstić information content (AvgIpc) is 2.94. The third kappa shape index (κ3) is 3.33. The van der Waals surface area contributed by atoms with E-state index >= 15 is 0 Å². The number of nitrogens with zero attached hydrogens (tertiary/aromatic N) is 1. The number of hydrogen-bond acceptors (Lipinski definition) is 2. The van der Waals surface area contributed by atoms with Crippen molar-refractivity contribution in [2.24, 2.45) is 0 Å². The molecule has 1 saturated heterocycles. The molecule has 1 aliphatic rings. The number of aliphatic hydroxyl groups is 1. The van der Waals surface area contributed by atoms with Crippen molar-refractivity contribution in [2.45, 2.75) is 38.3 Å². The standard InChI is InChI=1S/C15H21BrN2O2/c1-2-14(12-7-3-4-8-13(12)16)17-15(20)18-9-5-6-11(18)10-19/h3-4,7-8,11,14,19H,2,5-6,9-10H2,1H3,(H,17,20)/t11-,14+/m0/s1. The zero-order valence-electron chi connectivity index (χ0n) is 11.7. The van der Waals surface area contributed by atoms with Crippen LogP contribution in [0.5, 0.6) is 0 Å². The molecule has 0 aliphatic carbocycles. The van der Waals surface area contributed by atoms with Crippen molar-refractivity contribution in [3.05, 3.63) is 34.3 Å². The van der Waals surface area contributed by atoms with Gasteiger partial charge in [-0.15, -0.1) is 0 Å². The first-order valence-corrected chi connectivity index (χ1v) is 7.89. The molecule has 0 spiro atoms. The van der Waals surface area contributed by atoms with Gasteiger partial charge < -0.3 is 15.3 Å². The number of carbonyl (C=O) groups is 1. The predicted molar refractivity (Wildman–Crippen MR) is 82.5 cm³/mol. The second-order valence-corrected chi connectivity index (χ2v) is 5.96. The van der Waals surface area contributed by atoms with Crippen LogP contribution in [0.3, 0.4) is 0 Å². The van der Waals surface area contributed by atoms with Crippen molar-refractivity contribution in [1.29, 1.82) is 0 Å². The van der Waals surface area contributed by atoms with E-state index in [0.717, 1.165) is 35.8 Å². The molecule has 1 aromatic rings. The number of likely N-dealkylation sites (tertiary alicyclic amines) is 1. The molecule has 5 heteroatoms. The van der Waals surface area contributed by atoms with E-state index in [1.165, 1.54) is 0 Å². The summed E-state index contributed by atoms with van der Waals surface area (Å²) in [6, 6.07) is 7.81. The van der Waals surface area contributed by atoms with Gasteiger partial charge in [0.2, 0.25) is 0 Å². The van der Waals surface area contributed by atoms with E-state index in [9.17, 15) is 9.90 Å². The van der Waals surface area contributed by atoms with Gasteiger partial charge in [-0.25, -0.2) is 4.79 Å². The zero-order chi connectivity index (χ0) is 14.5. The Bertz CT molecular complexity index is 467. The van der Waals surface area contributed by atoms with Gasteiger partial charge in [0, 0.05) is 11.0 Å². The van der Waals surface area contributed by atoms with Gasteiger partial charge in [0.15, 0.2) is 0 Å². The first-order valence-electron chi connectivity index (χ1n) is 7.09. The molecule has 1 aliphatic heterocycles. The summed E-state index contributed by atoms with van der Waals surface area (Å²) in [4.78, 5) is 14.1. The molecule has 0 unspecified atom stereocenters. The highest BCUT2D eigenvalue weighted by atomic mass is 79.9. The van der Waals surface area contributed by atoms with E-state index in [2.05, 4.69) is 28.2 Å². The highest BCUT2D eigenvalue weighted by Crippen LogP contribution is 2.26. The van der Waals surface area contributed by atoms with Gasteiger partial charge in [-0.05, 0) is 30.9 Å². The quantitative estimate of drug-likeness (QED) is 0.884. The Kier molecular flexibility index (Phi) is 5.43. The van der Waals surface area contributed by atoms with Gasteiger partial charge in [0.25, 0.3) is 0 Å². The number of nitrogens with one attached hydrogen (secondary N) is 1. The summed E-state index contributed by atoms with van der Waals surface area (Å²) >= 11 is 3.53. The number of carbonyl (C=O) groups excluding carboxylic acids is 1. The molecule has 0 bridgehead atoms. The van der Waals surface area contributed by atoms with E-state index in [4.69, 9.17) is 0 Å². The Morgan fingerprint density at radius 1 is 1.55 bits per heavy atom. The number of amides is 2. The van der Waals surface area contributed by atoms with Crippen molar-refractivity contribution < 1.29 is 9.90 Å². The lowest BCUT2D eigenvalue weighted by molar-refractivity contribution is 0.154. The van der Waals surface area contributed by atoms with Crippen LogP contribution in [0.15, 0.2) is 28.7 Å². The molecule has 20 heavy (non-hydrogen) atoms. The molecule has 0 aromatic heterocycles. The lowest BCUT2D eigenvalue weighted by Crippen LogP contribution is -2.45. The summed E-state index contributed by atoms with van der Waals surface area (Å²) in [7, 11) is 0. The minimum Gasteiger partial charge on any atom is -0.394 e. The van der Waals surface area contributed by atoms with Crippen molar-refractivity contribution in [2.75, 3.05) is 13.2 Å². The van der Waals surface area contributed by atoms with Crippen LogP contribution in [0.4, 0.5) is 4.79 Å². The first kappa shape index (κ1) is 15.3. The van der Waals surface area contributed by atoms with Crippen LogP contribution in [0, 0.1) is 0 Å². The molecule has 4 nitrogen and oxygen atoms in total. The molecule has 2 N–H and O–H groups in total. The number of halogens is 1. The fraction of sp³-hybridized carbons (Fsp3) is 0.533. The molecule has 2 amide bonds. The van der Waals surface area contributed by atoms with Gasteiger partial charge in [-0.3, -0.25) is 0 Å². The van der Waals surface area contributed by atoms with Crippen LogP contribution < -0.4 is 5.32 Å². The largest absolute Gasteiger partial charge is 0.394 e. The van der Waals surface area contributed by atoms with Crippen molar-refractivity contribution >= 4 is 22.0 Å². The fourth-order valence-corrected chi connectivity index (χ4v) is 3.24. The van der Waals surface area contributed by atoms with E-state index < -0.39 is 0 Å². The van der Waals surface area contributed by atoms with Gasteiger partial charge in [-0.2, -0.15) is 0 Å². The highest BCUT2D eigenvalue weighted by molar-refractivity contribution is 9.10. The normalized spacial score (nSPS) is 19.9. The molecule has 1 aromatic carbocycles. The van der Waals surface area contributed by atoms with Crippen LogP contribution >= 0.6 is 15.9 Å². The number of benzene rings is 1. The van der Waals surface area contributed by atoms with Crippen LogP contribution in [-0.4, -0.2) is 35.2 Å². The smallest absolute Gasteiger partial charge is 0.318 e. The van der Waals surface area contributed by atoms with Crippen molar-refractivity contribution in [3.8, 4) is 0 Å². The molecular weight excluding hydrogens is 320 g/mol. The van der Waals surface area contributed by atoms with E-state index in [1.807, 2.05) is 24.3 Å². The highest BCUT2D eigenvalue weighted by Gasteiger charge is 2.29. The van der Waals surface area contributed by atoms with Gasteiger partial charge in [-0.1, -0.05) is 41.1 Å². The Labute approximate surface area is 128 Å². The van der Waals surface area contributed by atoms with Crippen molar-refractivity contribution in [1.82, 2.24) is 10.2 Å². The van der Waals surface area contributed by atoms with Gasteiger partial charge >= 0.3 is 6.03 Å². The van der Waals surface area contributed by atoms with E-state index in [1.54, 1.807) is 4.90 Å². The number of hydrogen-bond donors (Lipinski definition) is 2. The second-order valence-electron chi connectivity index (χ2n) is 5.10. The fourth-order valence-electron chi connectivity index (χ4n) is 2.68. The summed E-state index contributed by atoms with van der Waals surface area (Å²) < 4.78 is 1.01. The number of urea groups is 1. The maximum atomic E-state index is 12.4.